The molecule has 0 bridgehead atoms. The van der Waals surface area contributed by atoms with E-state index in [4.69, 9.17) is 9.15 Å². The zero-order chi connectivity index (χ0) is 12.6. The Morgan fingerprint density at radius 1 is 1.29 bits per heavy atom. The molecular weight excluding hydrogens is 224 g/mol. The van der Waals surface area contributed by atoms with Crippen LogP contribution in [0.1, 0.15) is 13.8 Å². The molecule has 0 aliphatic rings. The van der Waals surface area contributed by atoms with E-state index in [0.29, 0.717) is 5.39 Å². The SMILES string of the molecule is CC(C)Oc1c(O)c(=O)oc2c(O)cccc12. The molecule has 17 heavy (non-hydrogen) atoms. The van der Waals surface area contributed by atoms with Gasteiger partial charge in [0.05, 0.1) is 11.5 Å². The highest BCUT2D eigenvalue weighted by Crippen LogP contribution is 2.35. The van der Waals surface area contributed by atoms with Crippen molar-refractivity contribution in [3.8, 4) is 17.2 Å². The summed E-state index contributed by atoms with van der Waals surface area (Å²) in [5, 5.41) is 19.6. The molecule has 1 aromatic carbocycles. The summed E-state index contributed by atoms with van der Waals surface area (Å²) in [5.41, 5.74) is -0.930. The second-order valence-electron chi connectivity index (χ2n) is 3.89. The number of aromatic hydroxyl groups is 2. The third-order valence-corrected chi connectivity index (χ3v) is 2.20. The first-order chi connectivity index (χ1) is 8.00. The first kappa shape index (κ1) is 11.3. The van der Waals surface area contributed by atoms with E-state index in [2.05, 4.69) is 0 Å². The lowest BCUT2D eigenvalue weighted by atomic mass is 10.2. The fourth-order valence-corrected chi connectivity index (χ4v) is 1.53. The molecule has 0 fully saturated rings. The summed E-state index contributed by atoms with van der Waals surface area (Å²) in [6.07, 6.45) is -0.215. The van der Waals surface area contributed by atoms with Crippen molar-refractivity contribution >= 4 is 11.0 Å². The summed E-state index contributed by atoms with van der Waals surface area (Å²) >= 11 is 0. The highest BCUT2D eigenvalue weighted by molar-refractivity contribution is 5.89. The van der Waals surface area contributed by atoms with Crippen LogP contribution >= 0.6 is 0 Å². The quantitative estimate of drug-likeness (QED) is 0.779. The van der Waals surface area contributed by atoms with Crippen molar-refractivity contribution in [3.63, 3.8) is 0 Å². The van der Waals surface area contributed by atoms with Gasteiger partial charge in [0.1, 0.15) is 0 Å². The maximum absolute atomic E-state index is 11.4. The molecule has 0 saturated heterocycles. The van der Waals surface area contributed by atoms with Crippen LogP contribution in [0.4, 0.5) is 0 Å². The van der Waals surface area contributed by atoms with Crippen molar-refractivity contribution in [2.75, 3.05) is 0 Å². The number of phenolic OH excluding ortho intramolecular Hbond substituents is 1. The Bertz CT molecular complexity index is 612. The van der Waals surface area contributed by atoms with Crippen LogP contribution in [0.3, 0.4) is 0 Å². The minimum Gasteiger partial charge on any atom is -0.504 e. The van der Waals surface area contributed by atoms with E-state index < -0.39 is 11.4 Å². The van der Waals surface area contributed by atoms with E-state index in [1.54, 1.807) is 26.0 Å². The molecule has 0 atom stereocenters. The smallest absolute Gasteiger partial charge is 0.382 e. The van der Waals surface area contributed by atoms with Gasteiger partial charge in [-0.05, 0) is 26.0 Å². The minimum atomic E-state index is -0.936. The van der Waals surface area contributed by atoms with Crippen LogP contribution in [-0.2, 0) is 0 Å². The van der Waals surface area contributed by atoms with Gasteiger partial charge in [0.25, 0.3) is 0 Å². The van der Waals surface area contributed by atoms with Gasteiger partial charge in [0.15, 0.2) is 17.1 Å². The van der Waals surface area contributed by atoms with E-state index >= 15 is 0 Å². The zero-order valence-corrected chi connectivity index (χ0v) is 9.43. The first-order valence-corrected chi connectivity index (χ1v) is 5.15. The number of phenols is 1. The van der Waals surface area contributed by atoms with Crippen LogP contribution in [0, 0.1) is 0 Å². The number of benzene rings is 1. The molecule has 0 spiro atoms. The van der Waals surface area contributed by atoms with Crippen LogP contribution in [0.25, 0.3) is 11.0 Å². The van der Waals surface area contributed by atoms with Gasteiger partial charge in [0.2, 0.25) is 5.75 Å². The molecule has 2 aromatic rings. The minimum absolute atomic E-state index is 0.00551. The molecule has 1 aromatic heterocycles. The van der Waals surface area contributed by atoms with Crippen LogP contribution in [0.15, 0.2) is 27.4 Å². The topological polar surface area (TPSA) is 79.9 Å². The molecule has 0 aliphatic carbocycles. The predicted molar refractivity (Wildman–Crippen MR) is 61.6 cm³/mol. The molecule has 5 nitrogen and oxygen atoms in total. The third-order valence-electron chi connectivity index (χ3n) is 2.20. The molecule has 0 saturated carbocycles. The number of rotatable bonds is 2. The molecule has 2 rings (SSSR count). The summed E-state index contributed by atoms with van der Waals surface area (Å²) in [7, 11) is 0. The molecule has 5 heteroatoms. The second-order valence-corrected chi connectivity index (χ2v) is 3.89. The van der Waals surface area contributed by atoms with Crippen molar-refractivity contribution < 1.29 is 19.4 Å². The Kier molecular flexibility index (Phi) is 2.67. The van der Waals surface area contributed by atoms with Gasteiger partial charge in [-0.25, -0.2) is 4.79 Å². The Morgan fingerprint density at radius 2 is 2.00 bits per heavy atom. The maximum atomic E-state index is 11.4. The van der Waals surface area contributed by atoms with Crippen LogP contribution in [0.2, 0.25) is 0 Å². The zero-order valence-electron chi connectivity index (χ0n) is 9.43. The molecule has 0 unspecified atom stereocenters. The number of hydrogen-bond donors (Lipinski definition) is 2. The van der Waals surface area contributed by atoms with Crippen molar-refractivity contribution in [3.05, 3.63) is 28.6 Å². The van der Waals surface area contributed by atoms with Gasteiger partial charge < -0.3 is 19.4 Å². The number of hydrogen-bond acceptors (Lipinski definition) is 5. The van der Waals surface area contributed by atoms with Gasteiger partial charge in [-0.2, -0.15) is 0 Å². The highest BCUT2D eigenvalue weighted by atomic mass is 16.5. The van der Waals surface area contributed by atoms with E-state index in [9.17, 15) is 15.0 Å². The van der Waals surface area contributed by atoms with E-state index in [0.717, 1.165) is 0 Å². The van der Waals surface area contributed by atoms with Crippen LogP contribution in [0.5, 0.6) is 17.2 Å². The third kappa shape index (κ3) is 1.91. The summed E-state index contributed by atoms with van der Waals surface area (Å²) in [4.78, 5) is 11.4. The largest absolute Gasteiger partial charge is 0.504 e. The Morgan fingerprint density at radius 3 is 2.65 bits per heavy atom. The summed E-state index contributed by atoms with van der Waals surface area (Å²) < 4.78 is 10.2. The molecule has 0 radical (unpaired) electrons. The standard InChI is InChI=1S/C12H12O5/c1-6(2)16-11-7-4-3-5-8(13)10(7)17-12(15)9(11)14/h3-6,13-14H,1-2H3. The Labute approximate surface area is 96.9 Å². The van der Waals surface area contributed by atoms with Crippen LogP contribution in [-0.4, -0.2) is 16.3 Å². The number of para-hydroxylation sites is 1. The molecule has 2 N–H and O–H groups in total. The number of ether oxygens (including phenoxy) is 1. The van der Waals surface area contributed by atoms with E-state index in [1.807, 2.05) is 0 Å². The lowest BCUT2D eigenvalue weighted by molar-refractivity contribution is 0.231. The van der Waals surface area contributed by atoms with E-state index in [1.165, 1.54) is 6.07 Å². The fourth-order valence-electron chi connectivity index (χ4n) is 1.53. The monoisotopic (exact) mass is 236 g/mol. The van der Waals surface area contributed by atoms with Gasteiger partial charge in [-0.15, -0.1) is 0 Å². The van der Waals surface area contributed by atoms with Gasteiger partial charge in [-0.1, -0.05) is 6.07 Å². The highest BCUT2D eigenvalue weighted by Gasteiger charge is 2.17. The molecule has 90 valence electrons. The molecular formula is C12H12O5. The summed E-state index contributed by atoms with van der Waals surface area (Å²) in [6, 6.07) is 4.56. The molecule has 0 amide bonds. The molecule has 1 heterocycles. The van der Waals surface area contributed by atoms with Gasteiger partial charge in [-0.3, -0.25) is 0 Å². The average molecular weight is 236 g/mol. The first-order valence-electron chi connectivity index (χ1n) is 5.15. The second kappa shape index (κ2) is 4.01. The van der Waals surface area contributed by atoms with Crippen molar-refractivity contribution in [1.82, 2.24) is 0 Å². The average Bonchev–Trinajstić information content (AvgIpc) is 2.26. The predicted octanol–water partition coefficient (Wildman–Crippen LogP) is 1.99. The van der Waals surface area contributed by atoms with Crippen molar-refractivity contribution in [2.24, 2.45) is 0 Å². The maximum Gasteiger partial charge on any atom is 0.382 e. The molecule has 0 aliphatic heterocycles. The lowest BCUT2D eigenvalue weighted by Gasteiger charge is -2.12. The summed E-state index contributed by atoms with van der Waals surface area (Å²) in [5.74, 6) is -0.729. The van der Waals surface area contributed by atoms with E-state index in [-0.39, 0.29) is 23.2 Å². The fraction of sp³-hybridized carbons (Fsp3) is 0.250. The number of fused-ring (bicyclic) bond motifs is 1. The Hall–Kier alpha value is -2.17. The summed E-state index contributed by atoms with van der Waals surface area (Å²) in [6.45, 7) is 3.53. The van der Waals surface area contributed by atoms with Crippen molar-refractivity contribution in [2.45, 2.75) is 20.0 Å². The lowest BCUT2D eigenvalue weighted by Crippen LogP contribution is -2.09. The Balaban J connectivity index is 2.83. The van der Waals surface area contributed by atoms with Crippen molar-refractivity contribution in [1.29, 1.82) is 0 Å². The van der Waals surface area contributed by atoms with Gasteiger partial charge >= 0.3 is 5.63 Å². The van der Waals surface area contributed by atoms with Crippen LogP contribution < -0.4 is 10.4 Å². The van der Waals surface area contributed by atoms with Gasteiger partial charge in [0, 0.05) is 0 Å². The normalized spacial score (nSPS) is 11.0.